The third kappa shape index (κ3) is 3.69. The lowest BCUT2D eigenvalue weighted by Crippen LogP contribution is -2.17. The van der Waals surface area contributed by atoms with Gasteiger partial charge in [0, 0.05) is 13.1 Å². The van der Waals surface area contributed by atoms with Gasteiger partial charge in [-0.3, -0.25) is 4.79 Å². The maximum absolute atomic E-state index is 10.4. The van der Waals surface area contributed by atoms with E-state index in [1.807, 2.05) is 0 Å². The number of hydrogen-bond acceptors (Lipinski definition) is 4. The Balaban J connectivity index is 2.02. The molecule has 0 aliphatic carbocycles. The van der Waals surface area contributed by atoms with Crippen molar-refractivity contribution in [3.05, 3.63) is 40.1 Å². The van der Waals surface area contributed by atoms with Gasteiger partial charge in [0.25, 0.3) is 0 Å². The number of aromatic nitrogens is 3. The predicted molar refractivity (Wildman–Crippen MR) is 75.3 cm³/mol. The number of benzene rings is 1. The zero-order chi connectivity index (χ0) is 14.5. The summed E-state index contributed by atoms with van der Waals surface area (Å²) in [4.78, 5) is 10.4. The van der Waals surface area contributed by atoms with Crippen LogP contribution in [0.2, 0.25) is 10.0 Å². The standard InChI is InChI=1S/C12H12Cl2N4O2/c13-9-2-1-3-10(12(9)14)18-7-8(16-17-18)6-15-5-4-11(19)20/h1-3,7,15H,4-6H2,(H,19,20). The zero-order valence-corrected chi connectivity index (χ0v) is 11.9. The normalized spacial score (nSPS) is 10.7. The lowest BCUT2D eigenvalue weighted by molar-refractivity contribution is -0.136. The van der Waals surface area contributed by atoms with Crippen LogP contribution in [0.5, 0.6) is 0 Å². The molecule has 2 aromatic rings. The van der Waals surface area contributed by atoms with Gasteiger partial charge in [-0.2, -0.15) is 0 Å². The Morgan fingerprint density at radius 1 is 1.40 bits per heavy atom. The molecule has 0 aliphatic heterocycles. The molecule has 0 spiro atoms. The molecule has 106 valence electrons. The lowest BCUT2D eigenvalue weighted by atomic mass is 10.3. The molecule has 0 saturated heterocycles. The summed E-state index contributed by atoms with van der Waals surface area (Å²) in [7, 11) is 0. The summed E-state index contributed by atoms with van der Waals surface area (Å²) >= 11 is 12.0. The fourth-order valence-corrected chi connectivity index (χ4v) is 1.96. The molecule has 0 bridgehead atoms. The van der Waals surface area contributed by atoms with Crippen LogP contribution < -0.4 is 5.32 Å². The van der Waals surface area contributed by atoms with Crippen molar-refractivity contribution in [1.29, 1.82) is 0 Å². The smallest absolute Gasteiger partial charge is 0.304 e. The first-order valence-electron chi connectivity index (χ1n) is 5.86. The Hall–Kier alpha value is -1.63. The van der Waals surface area contributed by atoms with E-state index in [2.05, 4.69) is 15.6 Å². The predicted octanol–water partition coefficient (Wildman–Crippen LogP) is 2.14. The van der Waals surface area contributed by atoms with Crippen LogP contribution in [0.25, 0.3) is 5.69 Å². The molecule has 0 unspecified atom stereocenters. The molecule has 0 amide bonds. The van der Waals surface area contributed by atoms with Crippen molar-refractivity contribution in [2.75, 3.05) is 6.54 Å². The number of nitrogens with one attached hydrogen (secondary N) is 1. The topological polar surface area (TPSA) is 80.0 Å². The molecular formula is C12H12Cl2N4O2. The molecule has 0 saturated carbocycles. The van der Waals surface area contributed by atoms with E-state index in [-0.39, 0.29) is 6.42 Å². The zero-order valence-electron chi connectivity index (χ0n) is 10.4. The van der Waals surface area contributed by atoms with Gasteiger partial charge in [-0.1, -0.05) is 34.5 Å². The molecule has 0 atom stereocenters. The van der Waals surface area contributed by atoms with Crippen LogP contribution in [-0.2, 0) is 11.3 Å². The number of carbonyl (C=O) groups is 1. The minimum atomic E-state index is -0.841. The quantitative estimate of drug-likeness (QED) is 0.798. The molecule has 1 aromatic carbocycles. The van der Waals surface area contributed by atoms with Crippen LogP contribution in [0.3, 0.4) is 0 Å². The van der Waals surface area contributed by atoms with E-state index >= 15 is 0 Å². The van der Waals surface area contributed by atoms with E-state index in [1.54, 1.807) is 24.4 Å². The number of carboxylic acids is 1. The van der Waals surface area contributed by atoms with Gasteiger partial charge in [0.2, 0.25) is 0 Å². The van der Waals surface area contributed by atoms with Gasteiger partial charge >= 0.3 is 5.97 Å². The molecule has 0 fully saturated rings. The number of carboxylic acid groups (broad SMARTS) is 1. The molecule has 1 aromatic heterocycles. The van der Waals surface area contributed by atoms with Crippen LogP contribution in [0.1, 0.15) is 12.1 Å². The van der Waals surface area contributed by atoms with Crippen molar-refractivity contribution < 1.29 is 9.90 Å². The third-order valence-electron chi connectivity index (χ3n) is 2.54. The second-order valence-electron chi connectivity index (χ2n) is 4.05. The molecule has 2 N–H and O–H groups in total. The highest BCUT2D eigenvalue weighted by atomic mass is 35.5. The van der Waals surface area contributed by atoms with Crippen LogP contribution in [-0.4, -0.2) is 32.6 Å². The first-order chi connectivity index (χ1) is 9.58. The van der Waals surface area contributed by atoms with Gasteiger partial charge in [-0.15, -0.1) is 5.10 Å². The van der Waals surface area contributed by atoms with Crippen LogP contribution in [0, 0.1) is 0 Å². The third-order valence-corrected chi connectivity index (χ3v) is 3.35. The van der Waals surface area contributed by atoms with E-state index in [1.165, 1.54) is 4.68 Å². The molecule has 8 heteroatoms. The van der Waals surface area contributed by atoms with Crippen molar-refractivity contribution in [3.8, 4) is 5.69 Å². The largest absolute Gasteiger partial charge is 0.481 e. The van der Waals surface area contributed by atoms with Crippen molar-refractivity contribution in [2.45, 2.75) is 13.0 Å². The monoisotopic (exact) mass is 314 g/mol. The maximum atomic E-state index is 10.4. The summed E-state index contributed by atoms with van der Waals surface area (Å²) < 4.78 is 1.53. The molecule has 2 rings (SSSR count). The van der Waals surface area contributed by atoms with Crippen molar-refractivity contribution >= 4 is 29.2 Å². The Bertz CT molecular complexity index is 615. The van der Waals surface area contributed by atoms with E-state index in [4.69, 9.17) is 28.3 Å². The second kappa shape index (κ2) is 6.69. The van der Waals surface area contributed by atoms with Crippen molar-refractivity contribution in [3.63, 3.8) is 0 Å². The summed E-state index contributed by atoms with van der Waals surface area (Å²) in [6.45, 7) is 0.811. The average Bonchev–Trinajstić information content (AvgIpc) is 2.86. The van der Waals surface area contributed by atoms with E-state index < -0.39 is 5.97 Å². The van der Waals surface area contributed by atoms with Gasteiger partial charge in [0.15, 0.2) is 0 Å². The minimum absolute atomic E-state index is 0.0637. The Kier molecular flexibility index (Phi) is 4.94. The van der Waals surface area contributed by atoms with Crippen LogP contribution in [0.15, 0.2) is 24.4 Å². The van der Waals surface area contributed by atoms with Crippen LogP contribution >= 0.6 is 23.2 Å². The van der Waals surface area contributed by atoms with E-state index in [9.17, 15) is 4.79 Å². The van der Waals surface area contributed by atoms with Gasteiger partial charge in [0.1, 0.15) is 0 Å². The number of hydrogen-bond donors (Lipinski definition) is 2. The van der Waals surface area contributed by atoms with E-state index in [0.29, 0.717) is 34.5 Å². The van der Waals surface area contributed by atoms with Crippen LogP contribution in [0.4, 0.5) is 0 Å². The Morgan fingerprint density at radius 3 is 2.95 bits per heavy atom. The SMILES string of the molecule is O=C(O)CCNCc1cn(-c2cccc(Cl)c2Cl)nn1. The highest BCUT2D eigenvalue weighted by Crippen LogP contribution is 2.27. The lowest BCUT2D eigenvalue weighted by Gasteiger charge is -2.04. The molecular weight excluding hydrogens is 303 g/mol. The minimum Gasteiger partial charge on any atom is -0.481 e. The Labute approximate surface area is 125 Å². The summed E-state index contributed by atoms with van der Waals surface area (Å²) in [5, 5.41) is 20.3. The molecule has 6 nitrogen and oxygen atoms in total. The van der Waals surface area contributed by atoms with Gasteiger partial charge in [-0.05, 0) is 12.1 Å². The summed E-state index contributed by atoms with van der Waals surface area (Å²) in [6, 6.07) is 5.25. The number of nitrogens with zero attached hydrogens (tertiary/aromatic N) is 3. The van der Waals surface area contributed by atoms with Crippen molar-refractivity contribution in [1.82, 2.24) is 20.3 Å². The Morgan fingerprint density at radius 2 is 2.20 bits per heavy atom. The molecule has 20 heavy (non-hydrogen) atoms. The van der Waals surface area contributed by atoms with Gasteiger partial charge in [-0.25, -0.2) is 4.68 Å². The fraction of sp³-hybridized carbons (Fsp3) is 0.250. The highest BCUT2D eigenvalue weighted by molar-refractivity contribution is 6.43. The molecule has 0 aliphatic rings. The summed E-state index contributed by atoms with van der Waals surface area (Å²) in [6.07, 6.45) is 1.78. The second-order valence-corrected chi connectivity index (χ2v) is 4.83. The van der Waals surface area contributed by atoms with E-state index in [0.717, 1.165) is 0 Å². The number of aliphatic carboxylic acids is 1. The molecule has 0 radical (unpaired) electrons. The first-order valence-corrected chi connectivity index (χ1v) is 6.61. The molecule has 1 heterocycles. The maximum Gasteiger partial charge on any atom is 0.304 e. The summed E-state index contributed by atoms with van der Waals surface area (Å²) in [5.41, 5.74) is 1.33. The fourth-order valence-electron chi connectivity index (χ4n) is 1.58. The highest BCUT2D eigenvalue weighted by Gasteiger charge is 2.09. The number of rotatable bonds is 6. The van der Waals surface area contributed by atoms with Gasteiger partial charge < -0.3 is 10.4 Å². The number of halogens is 2. The van der Waals surface area contributed by atoms with Gasteiger partial charge in [0.05, 0.1) is 34.0 Å². The average molecular weight is 315 g/mol. The first kappa shape index (κ1) is 14.8. The summed E-state index contributed by atoms with van der Waals surface area (Å²) in [5.74, 6) is -0.841. The van der Waals surface area contributed by atoms with Crippen molar-refractivity contribution in [2.24, 2.45) is 0 Å².